The number of anilines is 2. The van der Waals surface area contributed by atoms with Crippen LogP contribution in [0.25, 0.3) is 34.2 Å². The molecule has 3 aliphatic carbocycles. The van der Waals surface area contributed by atoms with E-state index in [-0.39, 0.29) is 6.04 Å². The van der Waals surface area contributed by atoms with Crippen LogP contribution in [0.5, 0.6) is 0 Å². The highest BCUT2D eigenvalue weighted by molar-refractivity contribution is 5.91. The molecule has 1 unspecified atom stereocenters. The van der Waals surface area contributed by atoms with Crippen LogP contribution in [-0.2, 0) is 18.3 Å². The van der Waals surface area contributed by atoms with Gasteiger partial charge in [-0.3, -0.25) is 0 Å². The highest BCUT2D eigenvalue weighted by atomic mass is 16.3. The summed E-state index contributed by atoms with van der Waals surface area (Å²) < 4.78 is 6.76. The summed E-state index contributed by atoms with van der Waals surface area (Å²) in [6, 6.07) is 53.6. The van der Waals surface area contributed by atoms with Crippen molar-refractivity contribution in [3.8, 4) is 11.1 Å². The number of nitrogens with zero attached hydrogens (tertiary/aromatic N) is 1. The van der Waals surface area contributed by atoms with Gasteiger partial charge in [-0.05, 0) is 82.1 Å². The zero-order valence-corrected chi connectivity index (χ0v) is 27.2. The Hall–Kier alpha value is -5.86. The molecule has 6 aromatic carbocycles. The second kappa shape index (κ2) is 11.1. The normalized spacial score (nSPS) is 16.5. The minimum absolute atomic E-state index is 0.140. The van der Waals surface area contributed by atoms with E-state index in [1.54, 1.807) is 0 Å². The van der Waals surface area contributed by atoms with E-state index in [1.165, 1.54) is 66.8 Å². The number of fused-ring (bicyclic) bond motifs is 7. The Morgan fingerprint density at radius 1 is 0.633 bits per heavy atom. The van der Waals surface area contributed by atoms with E-state index < -0.39 is 5.41 Å². The molecule has 2 nitrogen and oxygen atoms in total. The molecule has 0 spiro atoms. The lowest BCUT2D eigenvalue weighted by atomic mass is 9.67. The third-order valence-electron chi connectivity index (χ3n) is 11.0. The molecule has 7 aromatic rings. The number of allylic oxidation sites excluding steroid dienone is 1. The number of para-hydroxylation sites is 1. The Morgan fingerprint density at radius 2 is 1.35 bits per heavy atom. The van der Waals surface area contributed by atoms with Gasteiger partial charge >= 0.3 is 0 Å². The number of benzene rings is 6. The van der Waals surface area contributed by atoms with Gasteiger partial charge in [0.05, 0.1) is 11.5 Å². The average molecular weight is 630 g/mol. The summed E-state index contributed by atoms with van der Waals surface area (Å²) in [5.41, 5.74) is 14.7. The summed E-state index contributed by atoms with van der Waals surface area (Å²) in [5, 5.41) is 1.19. The molecule has 49 heavy (non-hydrogen) atoms. The fourth-order valence-electron chi connectivity index (χ4n) is 8.87. The van der Waals surface area contributed by atoms with Crippen LogP contribution in [0, 0.1) is 0 Å². The van der Waals surface area contributed by atoms with E-state index in [0.717, 1.165) is 30.6 Å². The summed E-state index contributed by atoms with van der Waals surface area (Å²) in [6.07, 6.45) is 12.2. The first-order chi connectivity index (χ1) is 24.3. The maximum Gasteiger partial charge on any atom is 0.135 e. The van der Waals surface area contributed by atoms with E-state index in [1.807, 2.05) is 0 Å². The van der Waals surface area contributed by atoms with Gasteiger partial charge < -0.3 is 9.32 Å². The molecule has 1 atom stereocenters. The van der Waals surface area contributed by atoms with Gasteiger partial charge in [0.25, 0.3) is 0 Å². The minimum atomic E-state index is -0.446. The van der Waals surface area contributed by atoms with Crippen LogP contribution >= 0.6 is 0 Å². The van der Waals surface area contributed by atoms with Gasteiger partial charge in [0.15, 0.2) is 0 Å². The van der Waals surface area contributed by atoms with Crippen molar-refractivity contribution in [1.29, 1.82) is 0 Å². The summed E-state index contributed by atoms with van der Waals surface area (Å²) >= 11 is 0. The van der Waals surface area contributed by atoms with E-state index in [4.69, 9.17) is 4.42 Å². The highest BCUT2D eigenvalue weighted by Crippen LogP contribution is 2.56. The van der Waals surface area contributed by atoms with Crippen molar-refractivity contribution in [3.05, 3.63) is 202 Å². The molecule has 0 fully saturated rings. The lowest BCUT2D eigenvalue weighted by Gasteiger charge is -2.35. The molecule has 3 aliphatic rings. The van der Waals surface area contributed by atoms with Crippen molar-refractivity contribution in [1.82, 2.24) is 0 Å². The Labute approximate surface area is 287 Å². The Kier molecular flexibility index (Phi) is 6.39. The predicted molar refractivity (Wildman–Crippen MR) is 202 cm³/mol. The fourth-order valence-corrected chi connectivity index (χ4v) is 8.87. The first-order valence-electron chi connectivity index (χ1n) is 17.4. The van der Waals surface area contributed by atoms with E-state index in [2.05, 4.69) is 175 Å². The van der Waals surface area contributed by atoms with Crippen molar-refractivity contribution < 1.29 is 4.42 Å². The Bertz CT molecular complexity index is 2380. The van der Waals surface area contributed by atoms with Gasteiger partial charge in [0, 0.05) is 34.3 Å². The molecular weight excluding hydrogens is 595 g/mol. The van der Waals surface area contributed by atoms with Crippen molar-refractivity contribution in [2.75, 3.05) is 4.90 Å². The van der Waals surface area contributed by atoms with Crippen LogP contribution in [0.4, 0.5) is 11.4 Å². The third-order valence-corrected chi connectivity index (χ3v) is 11.0. The first kappa shape index (κ1) is 28.2. The zero-order chi connectivity index (χ0) is 32.4. The maximum atomic E-state index is 6.76. The first-order valence-corrected chi connectivity index (χ1v) is 17.4. The molecule has 0 N–H and O–H groups in total. The molecular formula is C47H35NO. The monoisotopic (exact) mass is 629 g/mol. The quantitative estimate of drug-likeness (QED) is 0.188. The molecule has 0 radical (unpaired) electrons. The lowest BCUT2D eigenvalue weighted by molar-refractivity contribution is 0.589. The van der Waals surface area contributed by atoms with Gasteiger partial charge in [0.1, 0.15) is 11.3 Å². The molecule has 0 saturated carbocycles. The van der Waals surface area contributed by atoms with E-state index in [0.29, 0.717) is 0 Å². The molecule has 234 valence electrons. The van der Waals surface area contributed by atoms with Crippen LogP contribution in [-0.4, -0.2) is 6.04 Å². The number of rotatable bonds is 5. The SMILES string of the molecule is C1=Cc2c(cccc2N(c2ccccc2)C2C=Cc3oc4cc(C5(c6ccccc6)c6ccccc6-c6ccccc65)ccc4c3C2)CC1. The van der Waals surface area contributed by atoms with Gasteiger partial charge in [-0.15, -0.1) is 0 Å². The van der Waals surface area contributed by atoms with Gasteiger partial charge in [0.2, 0.25) is 0 Å². The zero-order valence-electron chi connectivity index (χ0n) is 27.2. The van der Waals surface area contributed by atoms with Crippen molar-refractivity contribution in [2.24, 2.45) is 0 Å². The lowest BCUT2D eigenvalue weighted by Crippen LogP contribution is -2.33. The van der Waals surface area contributed by atoms with Crippen LogP contribution in [0.3, 0.4) is 0 Å². The number of aryl methyl sites for hydroxylation is 1. The number of furan rings is 1. The molecule has 10 rings (SSSR count). The summed E-state index contributed by atoms with van der Waals surface area (Å²) in [7, 11) is 0. The Balaban J connectivity index is 1.12. The molecule has 0 bridgehead atoms. The molecule has 1 aromatic heterocycles. The fraction of sp³-hybridized carbons (Fsp3) is 0.106. The molecule has 0 saturated heterocycles. The van der Waals surface area contributed by atoms with E-state index >= 15 is 0 Å². The van der Waals surface area contributed by atoms with E-state index in [9.17, 15) is 0 Å². The largest absolute Gasteiger partial charge is 0.456 e. The topological polar surface area (TPSA) is 16.4 Å². The second-order valence-corrected chi connectivity index (χ2v) is 13.5. The molecule has 0 amide bonds. The van der Waals surface area contributed by atoms with Crippen molar-refractivity contribution >= 4 is 34.5 Å². The number of hydrogen-bond acceptors (Lipinski definition) is 2. The van der Waals surface area contributed by atoms with Crippen molar-refractivity contribution in [3.63, 3.8) is 0 Å². The smallest absolute Gasteiger partial charge is 0.135 e. The predicted octanol–water partition coefficient (Wildman–Crippen LogP) is 11.5. The number of hydrogen-bond donors (Lipinski definition) is 0. The average Bonchev–Trinajstić information content (AvgIpc) is 3.69. The van der Waals surface area contributed by atoms with Crippen LogP contribution < -0.4 is 4.90 Å². The van der Waals surface area contributed by atoms with Crippen LogP contribution in [0.15, 0.2) is 162 Å². The van der Waals surface area contributed by atoms with Gasteiger partial charge in [-0.1, -0.05) is 140 Å². The molecule has 2 heteroatoms. The summed E-state index contributed by atoms with van der Waals surface area (Å²) in [6.45, 7) is 0. The standard InChI is InChI=1S/C47H35NO/c1-3-16-33(17-4-1)47(42-23-11-9-21-38(42)39-22-10-12-24-43(39)47)34-26-28-40-41-31-36(27-29-45(41)49-46(40)30-34)48(35-18-5-2-6-19-35)44-25-13-15-32-14-7-8-20-37(32)44/h1-6,8-13,15-30,36H,7,14,31H2. The Morgan fingerprint density at radius 3 is 2.12 bits per heavy atom. The van der Waals surface area contributed by atoms with Crippen LogP contribution in [0.1, 0.15) is 51.1 Å². The van der Waals surface area contributed by atoms with Crippen molar-refractivity contribution in [2.45, 2.75) is 30.7 Å². The molecule has 1 heterocycles. The second-order valence-electron chi connectivity index (χ2n) is 13.5. The van der Waals surface area contributed by atoms with Gasteiger partial charge in [-0.2, -0.15) is 0 Å². The minimum Gasteiger partial charge on any atom is -0.456 e. The van der Waals surface area contributed by atoms with Crippen LogP contribution in [0.2, 0.25) is 0 Å². The third kappa shape index (κ3) is 4.20. The highest BCUT2D eigenvalue weighted by Gasteiger charge is 2.46. The van der Waals surface area contributed by atoms with Gasteiger partial charge in [-0.25, -0.2) is 0 Å². The maximum absolute atomic E-state index is 6.76. The summed E-state index contributed by atoms with van der Waals surface area (Å²) in [5.74, 6) is 0.965. The molecule has 0 aliphatic heterocycles. The summed E-state index contributed by atoms with van der Waals surface area (Å²) in [4.78, 5) is 2.53.